The third-order valence-corrected chi connectivity index (χ3v) is 7.46. The van der Waals surface area contributed by atoms with Gasteiger partial charge in [0.25, 0.3) is 10.0 Å². The van der Waals surface area contributed by atoms with Gasteiger partial charge in [0, 0.05) is 35.4 Å². The zero-order valence-electron chi connectivity index (χ0n) is 9.05. The molecule has 17 heavy (non-hydrogen) atoms. The number of aromatic nitrogens is 1. The maximum Gasteiger partial charge on any atom is 0.254 e. The third kappa shape index (κ3) is 2.70. The molecule has 0 spiro atoms. The van der Waals surface area contributed by atoms with Crippen molar-refractivity contribution in [3.05, 3.63) is 10.2 Å². The van der Waals surface area contributed by atoms with E-state index in [1.807, 2.05) is 0 Å². The molecule has 0 amide bonds. The van der Waals surface area contributed by atoms with E-state index >= 15 is 0 Å². The number of rotatable bonds is 2. The highest BCUT2D eigenvalue weighted by molar-refractivity contribution is 7.91. The molecule has 1 aromatic rings. The second-order valence-electron chi connectivity index (χ2n) is 3.59. The first-order valence-corrected chi connectivity index (χ1v) is 9.01. The number of thiazole rings is 1. The summed E-state index contributed by atoms with van der Waals surface area (Å²) < 4.78 is 37.5. The molecule has 0 radical (unpaired) electrons. The van der Waals surface area contributed by atoms with Crippen molar-refractivity contribution in [3.8, 4) is 0 Å². The van der Waals surface area contributed by atoms with Gasteiger partial charge in [-0.3, -0.25) is 4.21 Å². The Morgan fingerprint density at radius 2 is 2.00 bits per heavy atom. The van der Waals surface area contributed by atoms with E-state index < -0.39 is 20.8 Å². The lowest BCUT2D eigenvalue weighted by Gasteiger charge is -2.24. The van der Waals surface area contributed by atoms with Gasteiger partial charge in [0.1, 0.15) is 0 Å². The van der Waals surface area contributed by atoms with E-state index in [4.69, 9.17) is 11.6 Å². The van der Waals surface area contributed by atoms with Gasteiger partial charge >= 0.3 is 0 Å². The fraction of sp³-hybridized carbons (Fsp3) is 0.625. The van der Waals surface area contributed by atoms with Crippen LogP contribution in [0.25, 0.3) is 0 Å². The standard InChI is InChI=1S/C8H11ClN2O3S3/c1-6-7(15-8(9)10-6)17(13,14)11-2-4-16(12)5-3-11/h2-5H2,1H3. The number of hydrogen-bond donors (Lipinski definition) is 0. The van der Waals surface area contributed by atoms with Crippen LogP contribution in [-0.2, 0) is 20.8 Å². The van der Waals surface area contributed by atoms with Crippen molar-refractivity contribution in [2.45, 2.75) is 11.1 Å². The number of nitrogens with zero attached hydrogens (tertiary/aromatic N) is 2. The van der Waals surface area contributed by atoms with E-state index in [1.54, 1.807) is 6.92 Å². The van der Waals surface area contributed by atoms with Crippen molar-refractivity contribution < 1.29 is 12.6 Å². The van der Waals surface area contributed by atoms with Gasteiger partial charge in [0.2, 0.25) is 0 Å². The topological polar surface area (TPSA) is 67.3 Å². The van der Waals surface area contributed by atoms with Crippen molar-refractivity contribution >= 4 is 43.8 Å². The van der Waals surface area contributed by atoms with Crippen molar-refractivity contribution in [1.29, 1.82) is 0 Å². The highest BCUT2D eigenvalue weighted by Crippen LogP contribution is 2.29. The number of sulfonamides is 1. The molecule has 0 aliphatic carbocycles. The predicted octanol–water partition coefficient (Wildman–Crippen LogP) is 0.858. The van der Waals surface area contributed by atoms with Gasteiger partial charge in [-0.15, -0.1) is 0 Å². The summed E-state index contributed by atoms with van der Waals surface area (Å²) in [5, 5.41) is 0. The Balaban J connectivity index is 2.30. The fourth-order valence-electron chi connectivity index (χ4n) is 1.57. The molecular weight excluding hydrogens is 304 g/mol. The van der Waals surface area contributed by atoms with Gasteiger partial charge in [-0.25, -0.2) is 13.4 Å². The van der Waals surface area contributed by atoms with Gasteiger partial charge in [0.05, 0.1) is 5.69 Å². The maximum absolute atomic E-state index is 12.3. The predicted molar refractivity (Wildman–Crippen MR) is 68.5 cm³/mol. The Hall–Kier alpha value is -0.0200. The first kappa shape index (κ1) is 13.4. The molecule has 1 aliphatic heterocycles. The lowest BCUT2D eigenvalue weighted by atomic mass is 10.6. The van der Waals surface area contributed by atoms with Crippen LogP contribution >= 0.6 is 22.9 Å². The highest BCUT2D eigenvalue weighted by Gasteiger charge is 2.31. The Morgan fingerprint density at radius 1 is 1.41 bits per heavy atom. The summed E-state index contributed by atoms with van der Waals surface area (Å²) in [5.74, 6) is 0.787. The number of aryl methyl sites for hydroxylation is 1. The summed E-state index contributed by atoms with van der Waals surface area (Å²) in [4.78, 5) is 3.91. The second-order valence-corrected chi connectivity index (χ2v) is 9.00. The molecule has 0 aromatic carbocycles. The summed E-state index contributed by atoms with van der Waals surface area (Å²) in [6.45, 7) is 2.21. The Bertz CT molecular complexity index is 544. The number of hydrogen-bond acceptors (Lipinski definition) is 5. The van der Waals surface area contributed by atoms with E-state index in [1.165, 1.54) is 4.31 Å². The van der Waals surface area contributed by atoms with Crippen LogP contribution in [0.15, 0.2) is 4.21 Å². The lowest BCUT2D eigenvalue weighted by molar-refractivity contribution is 0.439. The molecule has 1 saturated heterocycles. The minimum absolute atomic E-state index is 0.190. The van der Waals surface area contributed by atoms with E-state index in [2.05, 4.69) is 4.98 Å². The minimum atomic E-state index is -3.52. The minimum Gasteiger partial charge on any atom is -0.259 e. The zero-order chi connectivity index (χ0) is 12.6. The smallest absolute Gasteiger partial charge is 0.254 e. The molecule has 1 aromatic heterocycles. The van der Waals surface area contributed by atoms with Crippen molar-refractivity contribution in [2.24, 2.45) is 0 Å². The van der Waals surface area contributed by atoms with Gasteiger partial charge in [-0.2, -0.15) is 4.31 Å². The first-order chi connectivity index (χ1) is 7.91. The SMILES string of the molecule is Cc1nc(Cl)sc1S(=O)(=O)N1CCS(=O)CC1. The molecule has 0 bridgehead atoms. The summed E-state index contributed by atoms with van der Waals surface area (Å²) in [6, 6.07) is 0. The van der Waals surface area contributed by atoms with Crippen LogP contribution in [0, 0.1) is 6.92 Å². The monoisotopic (exact) mass is 314 g/mol. The maximum atomic E-state index is 12.3. The van der Waals surface area contributed by atoms with Crippen LogP contribution < -0.4 is 0 Å². The molecule has 0 atom stereocenters. The summed E-state index contributed by atoms with van der Waals surface area (Å²) in [7, 11) is -4.42. The molecule has 0 saturated carbocycles. The molecule has 96 valence electrons. The summed E-state index contributed by atoms with van der Waals surface area (Å²) in [5.41, 5.74) is 0.423. The molecule has 2 heterocycles. The first-order valence-electron chi connectivity index (χ1n) is 4.89. The lowest BCUT2D eigenvalue weighted by Crippen LogP contribution is -2.41. The van der Waals surface area contributed by atoms with Gasteiger partial charge in [0.15, 0.2) is 8.68 Å². The van der Waals surface area contributed by atoms with Crippen LogP contribution in [0.3, 0.4) is 0 Å². The average molecular weight is 315 g/mol. The van der Waals surface area contributed by atoms with E-state index in [0.29, 0.717) is 30.3 Å². The summed E-state index contributed by atoms with van der Waals surface area (Å²) in [6.07, 6.45) is 0. The molecule has 5 nitrogen and oxygen atoms in total. The van der Waals surface area contributed by atoms with E-state index in [-0.39, 0.29) is 8.68 Å². The van der Waals surface area contributed by atoms with Gasteiger partial charge in [-0.1, -0.05) is 22.9 Å². The molecule has 2 rings (SSSR count). The summed E-state index contributed by atoms with van der Waals surface area (Å²) >= 11 is 6.67. The Morgan fingerprint density at radius 3 is 2.47 bits per heavy atom. The van der Waals surface area contributed by atoms with Gasteiger partial charge < -0.3 is 0 Å². The van der Waals surface area contributed by atoms with Crippen molar-refractivity contribution in [3.63, 3.8) is 0 Å². The quantitative estimate of drug-likeness (QED) is 0.812. The van der Waals surface area contributed by atoms with E-state index in [0.717, 1.165) is 11.3 Å². The van der Waals surface area contributed by atoms with Crippen LogP contribution in [0.5, 0.6) is 0 Å². The van der Waals surface area contributed by atoms with Gasteiger partial charge in [-0.05, 0) is 6.92 Å². The molecule has 1 aliphatic rings. The molecule has 0 N–H and O–H groups in total. The normalized spacial score (nSPS) is 19.6. The van der Waals surface area contributed by atoms with Crippen LogP contribution in [0.4, 0.5) is 0 Å². The van der Waals surface area contributed by atoms with Crippen LogP contribution in [0.2, 0.25) is 4.47 Å². The molecule has 1 fully saturated rings. The molecule has 0 unspecified atom stereocenters. The third-order valence-electron chi connectivity index (χ3n) is 2.44. The Kier molecular flexibility index (Phi) is 3.89. The second kappa shape index (κ2) is 4.93. The highest BCUT2D eigenvalue weighted by atomic mass is 35.5. The van der Waals surface area contributed by atoms with Crippen molar-refractivity contribution in [2.75, 3.05) is 24.6 Å². The van der Waals surface area contributed by atoms with Crippen molar-refractivity contribution in [1.82, 2.24) is 9.29 Å². The Labute approximate surface area is 111 Å². The largest absolute Gasteiger partial charge is 0.259 e. The average Bonchev–Trinajstić information content (AvgIpc) is 2.59. The molecular formula is C8H11ClN2O3S3. The molecule has 9 heteroatoms. The van der Waals surface area contributed by atoms with Crippen LogP contribution in [0.1, 0.15) is 5.69 Å². The zero-order valence-corrected chi connectivity index (χ0v) is 12.3. The van der Waals surface area contributed by atoms with Crippen LogP contribution in [-0.4, -0.2) is 46.5 Å². The fourth-order valence-corrected chi connectivity index (χ4v) is 6.17. The number of halogens is 1. The van der Waals surface area contributed by atoms with E-state index in [9.17, 15) is 12.6 Å².